The van der Waals surface area contributed by atoms with Crippen LogP contribution < -0.4 is 10.6 Å². The van der Waals surface area contributed by atoms with E-state index >= 15 is 0 Å². The van der Waals surface area contributed by atoms with Gasteiger partial charge in [-0.3, -0.25) is 9.59 Å². The summed E-state index contributed by atoms with van der Waals surface area (Å²) in [7, 11) is 0. The Morgan fingerprint density at radius 2 is 1.87 bits per heavy atom. The van der Waals surface area contributed by atoms with E-state index in [1.807, 2.05) is 0 Å². The van der Waals surface area contributed by atoms with Gasteiger partial charge in [0.05, 0.1) is 11.3 Å². The van der Waals surface area contributed by atoms with E-state index in [0.717, 1.165) is 12.1 Å². The normalized spacial score (nSPS) is 10.7. The predicted octanol–water partition coefficient (Wildman–Crippen LogP) is 3.75. The lowest BCUT2D eigenvalue weighted by molar-refractivity contribution is -0.116. The summed E-state index contributed by atoms with van der Waals surface area (Å²) in [6, 6.07) is 7.00. The third-order valence-electron chi connectivity index (χ3n) is 4.36. The van der Waals surface area contributed by atoms with Gasteiger partial charge in [-0.1, -0.05) is 0 Å². The van der Waals surface area contributed by atoms with Crippen LogP contribution in [0.15, 0.2) is 48.8 Å². The molecular formula is C21H19F3N4O2. The summed E-state index contributed by atoms with van der Waals surface area (Å²) < 4.78 is 42.4. The molecule has 0 aliphatic heterocycles. The van der Waals surface area contributed by atoms with Gasteiger partial charge in [0.2, 0.25) is 5.91 Å². The number of nitrogens with zero attached hydrogens (tertiary/aromatic N) is 2. The van der Waals surface area contributed by atoms with Crippen LogP contribution in [0.1, 0.15) is 29.0 Å². The number of aromatic nitrogens is 2. The maximum absolute atomic E-state index is 14.4. The summed E-state index contributed by atoms with van der Waals surface area (Å²) >= 11 is 0. The molecule has 9 heteroatoms. The van der Waals surface area contributed by atoms with Crippen molar-refractivity contribution < 1.29 is 22.8 Å². The molecule has 3 aromatic rings. The fourth-order valence-corrected chi connectivity index (χ4v) is 2.86. The van der Waals surface area contributed by atoms with Crippen LogP contribution in [0.25, 0.3) is 5.69 Å². The smallest absolute Gasteiger partial charge is 0.254 e. The fraction of sp³-hybridized carbons (Fsp3) is 0.190. The molecule has 30 heavy (non-hydrogen) atoms. The van der Waals surface area contributed by atoms with E-state index in [1.165, 1.54) is 12.1 Å². The molecule has 2 N–H and O–H groups in total. The van der Waals surface area contributed by atoms with Crippen LogP contribution >= 0.6 is 0 Å². The Bertz CT molecular complexity index is 1080. The minimum atomic E-state index is -0.957. The number of amides is 2. The lowest BCUT2D eigenvalue weighted by Gasteiger charge is -2.10. The molecule has 1 heterocycles. The minimum absolute atomic E-state index is 0.0657. The zero-order valence-corrected chi connectivity index (χ0v) is 16.1. The molecule has 0 atom stereocenters. The number of aryl methyl sites for hydroxylation is 1. The molecule has 0 spiro atoms. The van der Waals surface area contributed by atoms with Crippen molar-refractivity contribution in [3.8, 4) is 5.69 Å². The Morgan fingerprint density at radius 1 is 1.07 bits per heavy atom. The molecule has 0 radical (unpaired) electrons. The number of nitrogens with one attached hydrogen (secondary N) is 2. The SMILES string of the molecule is Cc1nccn1-c1ccc(NC(=O)CCCNC(=O)c2ccc(F)cc2F)cc1F. The van der Waals surface area contributed by atoms with Crippen LogP contribution in [-0.4, -0.2) is 27.9 Å². The number of halogens is 3. The van der Waals surface area contributed by atoms with E-state index in [1.54, 1.807) is 30.0 Å². The molecule has 0 fully saturated rings. The highest BCUT2D eigenvalue weighted by Crippen LogP contribution is 2.19. The molecule has 3 rings (SSSR count). The monoisotopic (exact) mass is 416 g/mol. The molecule has 0 saturated carbocycles. The first-order chi connectivity index (χ1) is 14.3. The molecule has 1 aromatic heterocycles. The molecule has 0 unspecified atom stereocenters. The molecule has 6 nitrogen and oxygen atoms in total. The summed E-state index contributed by atoms with van der Waals surface area (Å²) in [4.78, 5) is 28.0. The largest absolute Gasteiger partial charge is 0.352 e. The maximum Gasteiger partial charge on any atom is 0.254 e. The second-order valence-electron chi connectivity index (χ2n) is 6.54. The highest BCUT2D eigenvalue weighted by atomic mass is 19.1. The minimum Gasteiger partial charge on any atom is -0.352 e. The molecule has 0 bridgehead atoms. The lowest BCUT2D eigenvalue weighted by atomic mass is 10.2. The van der Waals surface area contributed by atoms with Crippen molar-refractivity contribution >= 4 is 17.5 Å². The molecule has 156 valence electrons. The van der Waals surface area contributed by atoms with Crippen LogP contribution in [0.2, 0.25) is 0 Å². The Labute approximate surface area is 170 Å². The maximum atomic E-state index is 14.4. The Balaban J connectivity index is 1.47. The number of benzene rings is 2. The van der Waals surface area contributed by atoms with Gasteiger partial charge in [0, 0.05) is 37.1 Å². The summed E-state index contributed by atoms with van der Waals surface area (Å²) in [6.07, 6.45) is 3.55. The van der Waals surface area contributed by atoms with E-state index in [-0.39, 0.29) is 30.9 Å². The van der Waals surface area contributed by atoms with Gasteiger partial charge in [0.1, 0.15) is 23.3 Å². The average molecular weight is 416 g/mol. The number of imidazole rings is 1. The predicted molar refractivity (Wildman–Crippen MR) is 105 cm³/mol. The summed E-state index contributed by atoms with van der Waals surface area (Å²) in [5, 5.41) is 5.05. The lowest BCUT2D eigenvalue weighted by Crippen LogP contribution is -2.26. The van der Waals surface area contributed by atoms with Crippen molar-refractivity contribution in [1.29, 1.82) is 0 Å². The van der Waals surface area contributed by atoms with Gasteiger partial charge in [-0.25, -0.2) is 18.2 Å². The topological polar surface area (TPSA) is 76.0 Å². The van der Waals surface area contributed by atoms with Crippen molar-refractivity contribution in [1.82, 2.24) is 14.9 Å². The average Bonchev–Trinajstić information content (AvgIpc) is 3.11. The first-order valence-electron chi connectivity index (χ1n) is 9.18. The molecule has 2 aromatic carbocycles. The Morgan fingerprint density at radius 3 is 2.53 bits per heavy atom. The Hall–Kier alpha value is -3.62. The number of carbonyl (C=O) groups is 2. The third kappa shape index (κ3) is 5.05. The molecule has 0 aliphatic rings. The van der Waals surface area contributed by atoms with E-state index in [0.29, 0.717) is 23.3 Å². The van der Waals surface area contributed by atoms with Crippen molar-refractivity contribution in [2.45, 2.75) is 19.8 Å². The highest BCUT2D eigenvalue weighted by Gasteiger charge is 2.13. The fourth-order valence-electron chi connectivity index (χ4n) is 2.86. The van der Waals surface area contributed by atoms with Crippen molar-refractivity contribution in [3.63, 3.8) is 0 Å². The van der Waals surface area contributed by atoms with Crippen LogP contribution in [0.3, 0.4) is 0 Å². The van der Waals surface area contributed by atoms with Crippen LogP contribution in [0, 0.1) is 24.4 Å². The molecule has 0 saturated heterocycles. The van der Waals surface area contributed by atoms with Gasteiger partial charge in [-0.2, -0.15) is 0 Å². The molecular weight excluding hydrogens is 397 g/mol. The second-order valence-corrected chi connectivity index (χ2v) is 6.54. The number of hydrogen-bond donors (Lipinski definition) is 2. The number of rotatable bonds is 7. The van der Waals surface area contributed by atoms with Gasteiger partial charge in [-0.05, 0) is 43.7 Å². The number of carbonyl (C=O) groups excluding carboxylic acids is 2. The van der Waals surface area contributed by atoms with E-state index in [2.05, 4.69) is 15.6 Å². The zero-order valence-electron chi connectivity index (χ0n) is 16.1. The van der Waals surface area contributed by atoms with Gasteiger partial charge < -0.3 is 15.2 Å². The summed E-state index contributed by atoms with van der Waals surface area (Å²) in [6.45, 7) is 1.87. The van der Waals surface area contributed by atoms with E-state index < -0.39 is 23.4 Å². The standard InChI is InChI=1S/C21H19F3N4O2/c1-13-25-9-10-28(13)19-7-5-15(12-18(19)24)27-20(29)3-2-8-26-21(30)16-6-4-14(22)11-17(16)23/h4-7,9-12H,2-3,8H2,1H3,(H,26,30)(H,27,29). The molecule has 2 amide bonds. The van der Waals surface area contributed by atoms with Crippen LogP contribution in [0.4, 0.5) is 18.9 Å². The number of anilines is 1. The summed E-state index contributed by atoms with van der Waals surface area (Å²) in [5.74, 6) is -2.66. The van der Waals surface area contributed by atoms with Gasteiger partial charge in [-0.15, -0.1) is 0 Å². The quantitative estimate of drug-likeness (QED) is 0.576. The summed E-state index contributed by atoms with van der Waals surface area (Å²) in [5.41, 5.74) is 0.347. The second kappa shape index (κ2) is 9.25. The van der Waals surface area contributed by atoms with Crippen LogP contribution in [0.5, 0.6) is 0 Å². The highest BCUT2D eigenvalue weighted by molar-refractivity contribution is 5.94. The van der Waals surface area contributed by atoms with Crippen molar-refractivity contribution in [2.24, 2.45) is 0 Å². The molecule has 0 aliphatic carbocycles. The van der Waals surface area contributed by atoms with Gasteiger partial charge >= 0.3 is 0 Å². The first-order valence-corrected chi connectivity index (χ1v) is 9.18. The van der Waals surface area contributed by atoms with Crippen molar-refractivity contribution in [3.05, 3.63) is 77.6 Å². The van der Waals surface area contributed by atoms with E-state index in [9.17, 15) is 22.8 Å². The number of hydrogen-bond acceptors (Lipinski definition) is 3. The van der Waals surface area contributed by atoms with Gasteiger partial charge in [0.15, 0.2) is 0 Å². The first kappa shape index (κ1) is 21.1. The van der Waals surface area contributed by atoms with Crippen LogP contribution in [-0.2, 0) is 4.79 Å². The van der Waals surface area contributed by atoms with Crippen molar-refractivity contribution in [2.75, 3.05) is 11.9 Å². The Kier molecular flexibility index (Phi) is 6.51. The third-order valence-corrected chi connectivity index (χ3v) is 4.36. The van der Waals surface area contributed by atoms with Gasteiger partial charge in [0.25, 0.3) is 5.91 Å². The van der Waals surface area contributed by atoms with E-state index in [4.69, 9.17) is 0 Å². The zero-order chi connectivity index (χ0) is 21.7.